The highest BCUT2D eigenvalue weighted by molar-refractivity contribution is 7.09. The molecule has 0 aliphatic carbocycles. The number of hydrogen-bond acceptors (Lipinski definition) is 6. The van der Waals surface area contributed by atoms with Crippen LogP contribution in [0.3, 0.4) is 0 Å². The Balaban J connectivity index is 1.52. The summed E-state index contributed by atoms with van der Waals surface area (Å²) in [7, 11) is 0. The van der Waals surface area contributed by atoms with Crippen LogP contribution < -0.4 is 10.2 Å². The topological polar surface area (TPSA) is 78.4 Å². The van der Waals surface area contributed by atoms with Gasteiger partial charge >= 0.3 is 0 Å². The van der Waals surface area contributed by atoms with E-state index in [0.717, 1.165) is 22.1 Å². The first-order valence-electron chi connectivity index (χ1n) is 7.68. The average Bonchev–Trinajstić information content (AvgIpc) is 2.97. The van der Waals surface area contributed by atoms with Crippen molar-refractivity contribution in [3.8, 4) is 11.4 Å². The van der Waals surface area contributed by atoms with E-state index in [1.807, 2.05) is 31.2 Å². The number of nitrogens with zero attached hydrogens (tertiary/aromatic N) is 3. The number of aromatic nitrogens is 2. The monoisotopic (exact) mass is 330 g/mol. The van der Waals surface area contributed by atoms with E-state index in [2.05, 4.69) is 19.6 Å². The summed E-state index contributed by atoms with van der Waals surface area (Å²) in [5.74, 6) is 0.778. The molecular weight excluding hydrogens is 312 g/mol. The van der Waals surface area contributed by atoms with Crippen LogP contribution in [0.15, 0.2) is 24.3 Å². The van der Waals surface area contributed by atoms with Gasteiger partial charge < -0.3 is 15.3 Å². The molecule has 1 atom stereocenters. The highest BCUT2D eigenvalue weighted by Crippen LogP contribution is 2.41. The van der Waals surface area contributed by atoms with Crippen molar-refractivity contribution in [2.45, 2.75) is 19.4 Å². The molecule has 2 aromatic rings. The lowest BCUT2D eigenvalue weighted by molar-refractivity contribution is -0.139. The minimum Gasteiger partial charge on any atom is -0.391 e. The largest absolute Gasteiger partial charge is 0.391 e. The number of anilines is 1. The van der Waals surface area contributed by atoms with Gasteiger partial charge in [-0.2, -0.15) is 9.36 Å². The van der Waals surface area contributed by atoms with Gasteiger partial charge in [0.05, 0.1) is 11.5 Å². The number of aliphatic hydroxyl groups is 1. The van der Waals surface area contributed by atoms with Crippen LogP contribution in [-0.2, 0) is 4.79 Å². The van der Waals surface area contributed by atoms with Crippen LogP contribution in [0.1, 0.15) is 12.0 Å². The minimum absolute atomic E-state index is 0.0442. The second-order valence-electron chi connectivity index (χ2n) is 6.42. The van der Waals surface area contributed by atoms with Crippen molar-refractivity contribution in [2.75, 3.05) is 24.5 Å². The quantitative estimate of drug-likeness (QED) is 0.865. The molecule has 6 nitrogen and oxygen atoms in total. The fourth-order valence-electron chi connectivity index (χ4n) is 3.38. The van der Waals surface area contributed by atoms with Gasteiger partial charge in [-0.3, -0.25) is 4.79 Å². The Bertz CT molecular complexity index is 754. The van der Waals surface area contributed by atoms with Gasteiger partial charge in [0, 0.05) is 36.7 Å². The van der Waals surface area contributed by atoms with E-state index in [1.54, 1.807) is 0 Å². The van der Waals surface area contributed by atoms with Crippen LogP contribution in [0, 0.1) is 12.3 Å². The van der Waals surface area contributed by atoms with Crippen LogP contribution >= 0.6 is 11.5 Å². The smallest absolute Gasteiger partial charge is 0.230 e. The number of amides is 1. The molecule has 2 fully saturated rings. The molecular formula is C16H18N4O2S. The molecule has 0 bridgehead atoms. The summed E-state index contributed by atoms with van der Waals surface area (Å²) in [6.07, 6.45) is 0.0745. The number of carbonyl (C=O) groups is 1. The first-order valence-corrected chi connectivity index (χ1v) is 8.46. The number of nitrogens with one attached hydrogen (secondary N) is 1. The molecule has 4 rings (SSSR count). The lowest BCUT2D eigenvalue weighted by atomic mass is 9.72. The SMILES string of the molecule is Cc1ccccc1-c1nsc(N2CC3(CC(O)CNC3=O)C2)n1. The van der Waals surface area contributed by atoms with E-state index in [0.29, 0.717) is 26.1 Å². The Kier molecular flexibility index (Phi) is 3.35. The number of aryl methyl sites for hydroxylation is 1. The minimum atomic E-state index is -0.466. The second-order valence-corrected chi connectivity index (χ2v) is 7.15. The number of hydrogen-bond donors (Lipinski definition) is 2. The molecule has 2 N–H and O–H groups in total. The van der Waals surface area contributed by atoms with E-state index in [9.17, 15) is 9.90 Å². The Morgan fingerprint density at radius 1 is 1.39 bits per heavy atom. The summed E-state index contributed by atoms with van der Waals surface area (Å²) in [6, 6.07) is 8.04. The maximum absolute atomic E-state index is 12.1. The van der Waals surface area contributed by atoms with E-state index >= 15 is 0 Å². The second kappa shape index (κ2) is 5.28. The summed E-state index contributed by atoms with van der Waals surface area (Å²) in [4.78, 5) is 18.8. The van der Waals surface area contributed by atoms with Crippen molar-refractivity contribution >= 4 is 22.6 Å². The Hall–Kier alpha value is -1.99. The summed E-state index contributed by atoms with van der Waals surface area (Å²) >= 11 is 1.36. The summed E-state index contributed by atoms with van der Waals surface area (Å²) in [5, 5.41) is 13.4. The first-order chi connectivity index (χ1) is 11.1. The maximum Gasteiger partial charge on any atom is 0.230 e. The zero-order valence-electron chi connectivity index (χ0n) is 12.8. The molecule has 1 amide bonds. The van der Waals surface area contributed by atoms with Crippen LogP contribution in [0.5, 0.6) is 0 Å². The highest BCUT2D eigenvalue weighted by atomic mass is 32.1. The van der Waals surface area contributed by atoms with Crippen molar-refractivity contribution in [1.29, 1.82) is 0 Å². The van der Waals surface area contributed by atoms with Gasteiger partial charge in [0.1, 0.15) is 0 Å². The lowest BCUT2D eigenvalue weighted by Crippen LogP contribution is -2.67. The van der Waals surface area contributed by atoms with E-state index in [-0.39, 0.29) is 5.91 Å². The number of β-amino-alcohol motifs (C(OH)–C–C–N with tert-alkyl or cyclic N) is 1. The third-order valence-corrected chi connectivity index (χ3v) is 5.44. The molecule has 120 valence electrons. The number of piperidine rings is 1. The molecule has 0 saturated carbocycles. The third-order valence-electron chi connectivity index (χ3n) is 4.67. The Morgan fingerprint density at radius 2 is 2.17 bits per heavy atom. The third kappa shape index (κ3) is 2.40. The molecule has 7 heteroatoms. The van der Waals surface area contributed by atoms with Gasteiger partial charge in [-0.15, -0.1) is 0 Å². The maximum atomic E-state index is 12.1. The van der Waals surface area contributed by atoms with Crippen molar-refractivity contribution < 1.29 is 9.90 Å². The molecule has 2 aliphatic rings. The molecule has 0 radical (unpaired) electrons. The molecule has 1 aromatic heterocycles. The van der Waals surface area contributed by atoms with Gasteiger partial charge in [0.2, 0.25) is 11.0 Å². The number of rotatable bonds is 2. The van der Waals surface area contributed by atoms with Crippen molar-refractivity contribution in [3.63, 3.8) is 0 Å². The van der Waals surface area contributed by atoms with Crippen molar-refractivity contribution in [3.05, 3.63) is 29.8 Å². The van der Waals surface area contributed by atoms with Gasteiger partial charge in [0.15, 0.2) is 5.82 Å². The van der Waals surface area contributed by atoms with E-state index in [4.69, 9.17) is 0 Å². The van der Waals surface area contributed by atoms with E-state index in [1.165, 1.54) is 11.5 Å². The molecule has 2 saturated heterocycles. The van der Waals surface area contributed by atoms with Crippen LogP contribution in [0.4, 0.5) is 5.13 Å². The molecule has 1 unspecified atom stereocenters. The zero-order valence-corrected chi connectivity index (χ0v) is 13.6. The predicted molar refractivity (Wildman–Crippen MR) is 88.4 cm³/mol. The lowest BCUT2D eigenvalue weighted by Gasteiger charge is -2.51. The number of aliphatic hydroxyl groups excluding tert-OH is 1. The molecule has 23 heavy (non-hydrogen) atoms. The Morgan fingerprint density at radius 3 is 2.96 bits per heavy atom. The summed E-state index contributed by atoms with van der Waals surface area (Å²) in [6.45, 7) is 3.59. The fraction of sp³-hybridized carbons (Fsp3) is 0.438. The standard InChI is InChI=1S/C16H18N4O2S/c1-10-4-2-3-5-12(10)13-18-15(23-19-13)20-8-16(9-20)6-11(21)7-17-14(16)22/h2-5,11,21H,6-9H2,1H3,(H,17,22). The zero-order chi connectivity index (χ0) is 16.0. The molecule has 1 spiro atoms. The highest BCUT2D eigenvalue weighted by Gasteiger charge is 2.53. The molecule has 2 aliphatic heterocycles. The van der Waals surface area contributed by atoms with Gasteiger partial charge in [-0.05, 0) is 18.9 Å². The summed E-state index contributed by atoms with van der Waals surface area (Å²) in [5.41, 5.74) is 1.72. The van der Waals surface area contributed by atoms with Crippen molar-refractivity contribution in [2.24, 2.45) is 5.41 Å². The average molecular weight is 330 g/mol. The van der Waals surface area contributed by atoms with Gasteiger partial charge in [-0.1, -0.05) is 24.3 Å². The first kappa shape index (κ1) is 14.6. The van der Waals surface area contributed by atoms with Crippen LogP contribution in [-0.4, -0.2) is 46.1 Å². The van der Waals surface area contributed by atoms with Crippen LogP contribution in [0.2, 0.25) is 0 Å². The Labute approximate surface area is 138 Å². The fourth-order valence-corrected chi connectivity index (χ4v) is 4.06. The number of carbonyl (C=O) groups excluding carboxylic acids is 1. The van der Waals surface area contributed by atoms with E-state index < -0.39 is 11.5 Å². The van der Waals surface area contributed by atoms with Crippen LogP contribution in [0.25, 0.3) is 11.4 Å². The molecule has 3 heterocycles. The molecule has 1 aromatic carbocycles. The predicted octanol–water partition coefficient (Wildman–Crippen LogP) is 1.20. The normalized spacial score (nSPS) is 22.8. The van der Waals surface area contributed by atoms with Gasteiger partial charge in [-0.25, -0.2) is 0 Å². The van der Waals surface area contributed by atoms with Gasteiger partial charge in [0.25, 0.3) is 0 Å². The summed E-state index contributed by atoms with van der Waals surface area (Å²) < 4.78 is 4.46. The van der Waals surface area contributed by atoms with Crippen molar-refractivity contribution in [1.82, 2.24) is 14.7 Å². The number of benzene rings is 1.